The van der Waals surface area contributed by atoms with E-state index in [2.05, 4.69) is 36.5 Å². The van der Waals surface area contributed by atoms with E-state index in [-0.39, 0.29) is 35.5 Å². The molecule has 5 N–H and O–H groups in total. The van der Waals surface area contributed by atoms with Crippen molar-refractivity contribution in [3.8, 4) is 11.3 Å². The number of rotatable bonds is 7. The maximum atomic E-state index is 15.1. The molecule has 1 heterocycles. The van der Waals surface area contributed by atoms with Crippen molar-refractivity contribution in [3.05, 3.63) is 75.8 Å². The lowest BCUT2D eigenvalue weighted by molar-refractivity contribution is 0.0363. The van der Waals surface area contributed by atoms with E-state index in [0.717, 1.165) is 10.0 Å². The van der Waals surface area contributed by atoms with Crippen molar-refractivity contribution < 1.29 is 18.7 Å². The average molecular weight is 560 g/mol. The number of carbonyl (C=O) groups excluding carboxylic acids is 1. The Morgan fingerprint density at radius 2 is 2.08 bits per heavy atom. The first-order valence-electron chi connectivity index (χ1n) is 11.7. The van der Waals surface area contributed by atoms with Crippen LogP contribution in [0, 0.1) is 5.82 Å². The Bertz CT molecular complexity index is 1240. The van der Waals surface area contributed by atoms with E-state index in [0.29, 0.717) is 30.6 Å². The van der Waals surface area contributed by atoms with E-state index in [1.807, 2.05) is 24.3 Å². The summed E-state index contributed by atoms with van der Waals surface area (Å²) in [6, 6.07) is 11.3. The summed E-state index contributed by atoms with van der Waals surface area (Å²) in [5.74, 6) is -1.39. The lowest BCUT2D eigenvalue weighted by Crippen LogP contribution is -2.35. The minimum atomic E-state index is -1.33. The number of nitrogens with one attached hydrogen (secondary N) is 2. The van der Waals surface area contributed by atoms with Crippen LogP contribution in [-0.2, 0) is 0 Å². The SMILES string of the molecule is CNCC(NC(=O)c1ccc(-c2nc([C@@H]3CC[C@@H](O)[C@H](F)C3)cnc2N)cc1F)c1cccc(Br)c1. The lowest BCUT2D eigenvalue weighted by Gasteiger charge is -2.28. The summed E-state index contributed by atoms with van der Waals surface area (Å²) in [7, 11) is 1.77. The van der Waals surface area contributed by atoms with Gasteiger partial charge in [-0.3, -0.25) is 4.79 Å². The number of amides is 1. The number of nitrogens with two attached hydrogens (primary N) is 1. The van der Waals surface area contributed by atoms with Gasteiger partial charge in [-0.25, -0.2) is 18.7 Å². The molecule has 1 saturated carbocycles. The number of benzene rings is 2. The molecular formula is C26H28BrF2N5O2. The highest BCUT2D eigenvalue weighted by molar-refractivity contribution is 9.10. The number of carbonyl (C=O) groups is 1. The number of aliphatic hydroxyl groups is 1. The van der Waals surface area contributed by atoms with Crippen molar-refractivity contribution in [2.75, 3.05) is 19.3 Å². The largest absolute Gasteiger partial charge is 0.390 e. The van der Waals surface area contributed by atoms with Gasteiger partial charge in [0.1, 0.15) is 23.5 Å². The van der Waals surface area contributed by atoms with Crippen LogP contribution in [0.4, 0.5) is 14.6 Å². The average Bonchev–Trinajstić information content (AvgIpc) is 2.85. The van der Waals surface area contributed by atoms with Crippen LogP contribution in [0.5, 0.6) is 0 Å². The number of hydrogen-bond donors (Lipinski definition) is 4. The van der Waals surface area contributed by atoms with Crippen LogP contribution in [0.2, 0.25) is 0 Å². The minimum absolute atomic E-state index is 0.103. The van der Waals surface area contributed by atoms with E-state index in [4.69, 9.17) is 5.73 Å². The quantitative estimate of drug-likeness (QED) is 0.343. The number of nitrogens with zero attached hydrogens (tertiary/aromatic N) is 2. The van der Waals surface area contributed by atoms with Gasteiger partial charge < -0.3 is 21.5 Å². The third kappa shape index (κ3) is 5.88. The Kier molecular flexibility index (Phi) is 8.28. The number of alkyl halides is 1. The highest BCUT2D eigenvalue weighted by Gasteiger charge is 2.31. The summed E-state index contributed by atoms with van der Waals surface area (Å²) in [5, 5.41) is 15.6. The molecule has 0 aliphatic heterocycles. The monoisotopic (exact) mass is 559 g/mol. The van der Waals surface area contributed by atoms with Crippen LogP contribution in [0.3, 0.4) is 0 Å². The van der Waals surface area contributed by atoms with Crippen LogP contribution in [0.15, 0.2) is 53.1 Å². The van der Waals surface area contributed by atoms with Crippen molar-refractivity contribution in [1.82, 2.24) is 20.6 Å². The first kappa shape index (κ1) is 26.1. The van der Waals surface area contributed by atoms with Gasteiger partial charge in [0.05, 0.1) is 29.6 Å². The Hall–Kier alpha value is -2.95. The fourth-order valence-electron chi connectivity index (χ4n) is 4.45. The van der Waals surface area contributed by atoms with Gasteiger partial charge in [0, 0.05) is 22.5 Å². The van der Waals surface area contributed by atoms with Gasteiger partial charge in [-0.2, -0.15) is 0 Å². The van der Waals surface area contributed by atoms with Crippen LogP contribution in [0.1, 0.15) is 52.8 Å². The second-order valence-electron chi connectivity index (χ2n) is 8.96. The van der Waals surface area contributed by atoms with Crippen LogP contribution >= 0.6 is 15.9 Å². The number of hydrogen-bond acceptors (Lipinski definition) is 6. The molecule has 1 fully saturated rings. The molecule has 0 spiro atoms. The molecule has 36 heavy (non-hydrogen) atoms. The van der Waals surface area contributed by atoms with Crippen molar-refractivity contribution >= 4 is 27.7 Å². The Morgan fingerprint density at radius 3 is 2.78 bits per heavy atom. The predicted octanol–water partition coefficient (Wildman–Crippen LogP) is 4.28. The van der Waals surface area contributed by atoms with E-state index in [1.54, 1.807) is 13.1 Å². The summed E-state index contributed by atoms with van der Waals surface area (Å²) in [5.41, 5.74) is 7.95. The molecule has 0 saturated heterocycles. The molecule has 0 radical (unpaired) electrons. The first-order chi connectivity index (χ1) is 17.3. The molecule has 1 aliphatic carbocycles. The molecule has 3 aromatic rings. The Balaban J connectivity index is 1.56. The third-order valence-electron chi connectivity index (χ3n) is 6.43. The maximum Gasteiger partial charge on any atom is 0.254 e. The van der Waals surface area contributed by atoms with E-state index in [1.165, 1.54) is 18.3 Å². The molecule has 1 aliphatic rings. The fourth-order valence-corrected chi connectivity index (χ4v) is 4.87. The smallest absolute Gasteiger partial charge is 0.254 e. The lowest BCUT2D eigenvalue weighted by atomic mass is 9.84. The Labute approximate surface area is 216 Å². The first-order valence-corrected chi connectivity index (χ1v) is 12.5. The molecule has 190 valence electrons. The maximum absolute atomic E-state index is 15.1. The number of likely N-dealkylation sites (N-methyl/N-ethyl adjacent to an activating group) is 1. The molecule has 7 nitrogen and oxygen atoms in total. The van der Waals surface area contributed by atoms with Crippen molar-refractivity contribution in [2.24, 2.45) is 0 Å². The summed E-state index contributed by atoms with van der Waals surface area (Å²) >= 11 is 3.43. The number of anilines is 1. The van der Waals surface area contributed by atoms with Gasteiger partial charge in [-0.1, -0.05) is 34.1 Å². The van der Waals surface area contributed by atoms with Gasteiger partial charge in [-0.05, 0) is 56.1 Å². The number of nitrogen functional groups attached to an aromatic ring is 1. The van der Waals surface area contributed by atoms with Crippen molar-refractivity contribution in [3.63, 3.8) is 0 Å². The minimum Gasteiger partial charge on any atom is -0.390 e. The van der Waals surface area contributed by atoms with Crippen molar-refractivity contribution in [1.29, 1.82) is 0 Å². The zero-order valence-electron chi connectivity index (χ0n) is 19.7. The van der Waals surface area contributed by atoms with Crippen molar-refractivity contribution in [2.45, 2.75) is 43.5 Å². The van der Waals surface area contributed by atoms with Gasteiger partial charge in [0.2, 0.25) is 0 Å². The molecule has 1 aromatic heterocycles. The van der Waals surface area contributed by atoms with Gasteiger partial charge in [0.15, 0.2) is 0 Å². The third-order valence-corrected chi connectivity index (χ3v) is 6.92. The fraction of sp³-hybridized carbons (Fsp3) is 0.346. The second kappa shape index (κ2) is 11.4. The highest BCUT2D eigenvalue weighted by atomic mass is 79.9. The second-order valence-corrected chi connectivity index (χ2v) is 9.87. The molecular weight excluding hydrogens is 532 g/mol. The normalized spacial score (nSPS) is 20.6. The van der Waals surface area contributed by atoms with E-state index < -0.39 is 24.0 Å². The molecule has 10 heteroatoms. The van der Waals surface area contributed by atoms with Gasteiger partial charge in [0.25, 0.3) is 5.91 Å². The van der Waals surface area contributed by atoms with Crippen LogP contribution in [-0.4, -0.2) is 46.8 Å². The summed E-state index contributed by atoms with van der Waals surface area (Å²) < 4.78 is 30.0. The zero-order chi connectivity index (χ0) is 25.8. The summed E-state index contributed by atoms with van der Waals surface area (Å²) in [6.07, 6.45) is 0.241. The topological polar surface area (TPSA) is 113 Å². The van der Waals surface area contributed by atoms with E-state index >= 15 is 4.39 Å². The van der Waals surface area contributed by atoms with Crippen LogP contribution < -0.4 is 16.4 Å². The van der Waals surface area contributed by atoms with Crippen LogP contribution in [0.25, 0.3) is 11.3 Å². The standard InChI is InChI=1S/C26H28BrF2N5O2/c1-31-12-21(14-3-2-4-17(27)9-14)34-26(36)18-7-5-16(11-19(18)28)24-25(30)32-13-22(33-24)15-6-8-23(35)20(29)10-15/h2-5,7,9,11,13,15,20-21,23,31,35H,6,8,10,12H2,1H3,(H2,30,32)(H,34,36)/t15-,20-,21?,23-/m1/s1. The van der Waals surface area contributed by atoms with E-state index in [9.17, 15) is 14.3 Å². The molecule has 4 atom stereocenters. The molecule has 1 amide bonds. The highest BCUT2D eigenvalue weighted by Crippen LogP contribution is 2.35. The summed E-state index contributed by atoms with van der Waals surface area (Å²) in [6.45, 7) is 0.457. The number of halogens is 3. The molecule has 4 rings (SSSR count). The Morgan fingerprint density at radius 1 is 1.28 bits per heavy atom. The van der Waals surface area contributed by atoms with Gasteiger partial charge in [-0.15, -0.1) is 0 Å². The number of aromatic nitrogens is 2. The zero-order valence-corrected chi connectivity index (χ0v) is 21.3. The predicted molar refractivity (Wildman–Crippen MR) is 138 cm³/mol. The molecule has 0 bridgehead atoms. The van der Waals surface area contributed by atoms with Gasteiger partial charge >= 0.3 is 0 Å². The summed E-state index contributed by atoms with van der Waals surface area (Å²) in [4.78, 5) is 21.7. The number of aliphatic hydroxyl groups excluding tert-OH is 1. The molecule has 2 aromatic carbocycles. The molecule has 1 unspecified atom stereocenters.